The molecule has 1 aliphatic rings. The van der Waals surface area contributed by atoms with Gasteiger partial charge >= 0.3 is 6.16 Å². The fourth-order valence-electron chi connectivity index (χ4n) is 2.13. The van der Waals surface area contributed by atoms with E-state index in [0.29, 0.717) is 0 Å². The van der Waals surface area contributed by atoms with Gasteiger partial charge in [0.1, 0.15) is 6.10 Å². The van der Waals surface area contributed by atoms with Crippen LogP contribution in [0.2, 0.25) is 0 Å². The van der Waals surface area contributed by atoms with Gasteiger partial charge in [0.25, 0.3) is 0 Å². The normalized spacial score (nSPS) is 23.2. The van der Waals surface area contributed by atoms with E-state index in [1.807, 2.05) is 0 Å². The lowest BCUT2D eigenvalue weighted by atomic mass is 10.0. The summed E-state index contributed by atoms with van der Waals surface area (Å²) >= 11 is 0. The molecule has 0 spiro atoms. The summed E-state index contributed by atoms with van der Waals surface area (Å²) in [6.45, 7) is 5.87. The van der Waals surface area contributed by atoms with E-state index in [-0.39, 0.29) is 12.2 Å². The Morgan fingerprint density at radius 2 is 1.76 bits per heavy atom. The predicted octanol–water partition coefficient (Wildman–Crippen LogP) is 4.22. The van der Waals surface area contributed by atoms with Gasteiger partial charge in [0.15, 0.2) is 6.10 Å². The average Bonchev–Trinajstić information content (AvgIpc) is 2.68. The third-order valence-corrected chi connectivity index (χ3v) is 3.17. The van der Waals surface area contributed by atoms with Crippen LogP contribution in [-0.4, -0.2) is 18.4 Å². The van der Waals surface area contributed by atoms with Gasteiger partial charge < -0.3 is 9.47 Å². The maximum atomic E-state index is 10.9. The number of carbonyl (C=O) groups excluding carboxylic acids is 1. The fourth-order valence-corrected chi connectivity index (χ4v) is 2.13. The third kappa shape index (κ3) is 5.24. The lowest BCUT2D eigenvalue weighted by Crippen LogP contribution is -2.19. The Bertz CT molecular complexity index is 238. The Balaban J connectivity index is 2.02. The molecule has 98 valence electrons. The van der Waals surface area contributed by atoms with Crippen LogP contribution < -0.4 is 0 Å². The summed E-state index contributed by atoms with van der Waals surface area (Å²) in [6.07, 6.45) is 10.5. The lowest BCUT2D eigenvalue weighted by molar-refractivity contribution is 0.115. The smallest absolute Gasteiger partial charge is 0.427 e. The molecule has 0 aromatic heterocycles. The van der Waals surface area contributed by atoms with Crippen molar-refractivity contribution in [1.82, 2.24) is 0 Å². The molecule has 0 amide bonds. The molecule has 1 saturated heterocycles. The van der Waals surface area contributed by atoms with Crippen LogP contribution in [-0.2, 0) is 9.47 Å². The van der Waals surface area contributed by atoms with E-state index in [1.165, 1.54) is 38.5 Å². The topological polar surface area (TPSA) is 35.5 Å². The highest BCUT2D eigenvalue weighted by molar-refractivity contribution is 5.62. The average molecular weight is 240 g/mol. The molecule has 0 saturated carbocycles. The van der Waals surface area contributed by atoms with Gasteiger partial charge in [-0.25, -0.2) is 4.79 Å². The highest BCUT2D eigenvalue weighted by Crippen LogP contribution is 2.21. The second-order valence-corrected chi connectivity index (χ2v) is 4.63. The third-order valence-electron chi connectivity index (χ3n) is 3.17. The Hall–Kier alpha value is -0.990. The molecule has 0 aromatic rings. The number of hydrogen-bond donors (Lipinski definition) is 0. The molecule has 2 atom stereocenters. The minimum absolute atomic E-state index is 0.115. The first-order valence-corrected chi connectivity index (χ1v) is 6.77. The minimum Gasteiger partial charge on any atom is -0.427 e. The molecule has 0 aromatic carbocycles. The quantitative estimate of drug-likeness (QED) is 0.344. The van der Waals surface area contributed by atoms with Crippen LogP contribution in [0.3, 0.4) is 0 Å². The summed E-state index contributed by atoms with van der Waals surface area (Å²) in [6, 6.07) is 0. The largest absolute Gasteiger partial charge is 0.509 e. The summed E-state index contributed by atoms with van der Waals surface area (Å²) in [5.41, 5.74) is 0. The van der Waals surface area contributed by atoms with E-state index in [4.69, 9.17) is 9.47 Å². The lowest BCUT2D eigenvalue weighted by Gasteiger charge is -2.11. The summed E-state index contributed by atoms with van der Waals surface area (Å²) in [4.78, 5) is 10.9. The molecule has 1 fully saturated rings. The van der Waals surface area contributed by atoms with Crippen molar-refractivity contribution >= 4 is 6.16 Å². The van der Waals surface area contributed by atoms with Gasteiger partial charge in [-0.3, -0.25) is 0 Å². The molecule has 1 rings (SSSR count). The molecule has 0 radical (unpaired) electrons. The van der Waals surface area contributed by atoms with Crippen molar-refractivity contribution in [3.05, 3.63) is 12.7 Å². The summed E-state index contributed by atoms with van der Waals surface area (Å²) in [5.74, 6) is 0. The molecule has 1 heterocycles. The molecule has 0 N–H and O–H groups in total. The van der Waals surface area contributed by atoms with Crippen LogP contribution >= 0.6 is 0 Å². The zero-order valence-electron chi connectivity index (χ0n) is 10.8. The molecule has 0 aliphatic carbocycles. The first kappa shape index (κ1) is 14.1. The van der Waals surface area contributed by atoms with Gasteiger partial charge in [-0.05, 0) is 18.9 Å². The molecule has 3 nitrogen and oxygen atoms in total. The van der Waals surface area contributed by atoms with Crippen molar-refractivity contribution in [3.8, 4) is 0 Å². The van der Waals surface area contributed by atoms with Crippen LogP contribution in [0.1, 0.15) is 58.3 Å². The minimum atomic E-state index is -0.553. The van der Waals surface area contributed by atoms with Gasteiger partial charge in [0.05, 0.1) is 0 Å². The van der Waals surface area contributed by atoms with Crippen molar-refractivity contribution < 1.29 is 14.3 Å². The van der Waals surface area contributed by atoms with Gasteiger partial charge in [-0.15, -0.1) is 0 Å². The summed E-state index contributed by atoms with van der Waals surface area (Å²) in [5, 5.41) is 0. The number of carbonyl (C=O) groups is 1. The first-order chi connectivity index (χ1) is 8.27. The van der Waals surface area contributed by atoms with Crippen molar-refractivity contribution in [2.24, 2.45) is 0 Å². The van der Waals surface area contributed by atoms with Crippen molar-refractivity contribution in [2.75, 3.05) is 0 Å². The van der Waals surface area contributed by atoms with Crippen LogP contribution in [0.4, 0.5) is 4.79 Å². The first-order valence-electron chi connectivity index (χ1n) is 6.77. The van der Waals surface area contributed by atoms with Crippen molar-refractivity contribution in [1.29, 1.82) is 0 Å². The van der Waals surface area contributed by atoms with E-state index in [2.05, 4.69) is 13.5 Å². The molecular weight excluding hydrogens is 216 g/mol. The van der Waals surface area contributed by atoms with E-state index in [0.717, 1.165) is 12.8 Å². The number of cyclic esters (lactones) is 2. The fraction of sp³-hybridized carbons (Fsp3) is 0.786. The van der Waals surface area contributed by atoms with Crippen LogP contribution in [0.25, 0.3) is 0 Å². The molecule has 1 aliphatic heterocycles. The molecule has 0 unspecified atom stereocenters. The van der Waals surface area contributed by atoms with Crippen molar-refractivity contribution in [3.63, 3.8) is 0 Å². The molecule has 3 heteroatoms. The Morgan fingerprint density at radius 1 is 1.12 bits per heavy atom. The van der Waals surface area contributed by atoms with Crippen molar-refractivity contribution in [2.45, 2.75) is 70.5 Å². The second kappa shape index (κ2) is 8.15. The molecule has 17 heavy (non-hydrogen) atoms. The Labute approximate surface area is 104 Å². The Kier molecular flexibility index (Phi) is 6.75. The van der Waals surface area contributed by atoms with E-state index in [1.54, 1.807) is 6.08 Å². The summed E-state index contributed by atoms with van der Waals surface area (Å²) < 4.78 is 10.0. The monoisotopic (exact) mass is 240 g/mol. The second-order valence-electron chi connectivity index (χ2n) is 4.63. The van der Waals surface area contributed by atoms with E-state index >= 15 is 0 Å². The molecule has 0 bridgehead atoms. The maximum Gasteiger partial charge on any atom is 0.509 e. The maximum absolute atomic E-state index is 10.9. The zero-order chi connectivity index (χ0) is 12.5. The zero-order valence-corrected chi connectivity index (χ0v) is 10.8. The van der Waals surface area contributed by atoms with Crippen LogP contribution in [0, 0.1) is 0 Å². The van der Waals surface area contributed by atoms with E-state index < -0.39 is 6.16 Å². The van der Waals surface area contributed by atoms with Gasteiger partial charge in [0.2, 0.25) is 0 Å². The summed E-state index contributed by atoms with van der Waals surface area (Å²) in [7, 11) is 0. The predicted molar refractivity (Wildman–Crippen MR) is 67.9 cm³/mol. The number of unbranched alkanes of at least 4 members (excludes halogenated alkanes) is 6. The highest BCUT2D eigenvalue weighted by Gasteiger charge is 2.33. The van der Waals surface area contributed by atoms with Gasteiger partial charge in [0, 0.05) is 0 Å². The van der Waals surface area contributed by atoms with Gasteiger partial charge in [-0.2, -0.15) is 0 Å². The van der Waals surface area contributed by atoms with Crippen LogP contribution in [0.15, 0.2) is 12.7 Å². The number of ether oxygens (including phenoxy) is 2. The number of hydrogen-bond acceptors (Lipinski definition) is 3. The van der Waals surface area contributed by atoms with Gasteiger partial charge in [-0.1, -0.05) is 52.0 Å². The van der Waals surface area contributed by atoms with Crippen LogP contribution in [0.5, 0.6) is 0 Å². The molecular formula is C14H24O3. The SMILES string of the molecule is C=C[C@@H]1OC(=O)O[C@@H]1CCCCCCCCC. The van der Waals surface area contributed by atoms with E-state index in [9.17, 15) is 4.79 Å². The standard InChI is InChI=1S/C14H24O3/c1-3-5-6-7-8-9-10-11-13-12(4-2)16-14(15)17-13/h4,12-13H,2-3,5-11H2,1H3/t12-,13+/m0/s1. The highest BCUT2D eigenvalue weighted by atomic mass is 16.8. The Morgan fingerprint density at radius 3 is 2.41 bits per heavy atom. The number of rotatable bonds is 9.